The summed E-state index contributed by atoms with van der Waals surface area (Å²) in [6.45, 7) is 0. The topological polar surface area (TPSA) is 77.3 Å². The van der Waals surface area contributed by atoms with Crippen LogP contribution in [0.2, 0.25) is 0 Å². The first-order valence-corrected chi connectivity index (χ1v) is 11.7. The Bertz CT molecular complexity index is 1310. The highest BCUT2D eigenvalue weighted by Crippen LogP contribution is 2.23. The van der Waals surface area contributed by atoms with Crippen molar-refractivity contribution in [1.29, 1.82) is 0 Å². The third kappa shape index (κ3) is 4.83. The third-order valence-corrected chi connectivity index (χ3v) is 6.02. The molecule has 0 atom stereocenters. The van der Waals surface area contributed by atoms with E-state index in [1.807, 2.05) is 72.8 Å². The van der Waals surface area contributed by atoms with Crippen molar-refractivity contribution in [2.24, 2.45) is 9.98 Å². The zero-order valence-corrected chi connectivity index (χ0v) is 20.5. The summed E-state index contributed by atoms with van der Waals surface area (Å²) >= 11 is 6.75. The van der Waals surface area contributed by atoms with Crippen LogP contribution in [0.25, 0.3) is 12.2 Å². The predicted molar refractivity (Wildman–Crippen MR) is 136 cm³/mol. The van der Waals surface area contributed by atoms with Gasteiger partial charge in [-0.2, -0.15) is 0 Å². The van der Waals surface area contributed by atoms with E-state index in [9.17, 15) is 9.59 Å². The van der Waals surface area contributed by atoms with Crippen molar-refractivity contribution in [2.45, 2.75) is 0 Å². The van der Waals surface area contributed by atoms with Crippen molar-refractivity contribution in [3.63, 3.8) is 0 Å². The van der Waals surface area contributed by atoms with E-state index < -0.39 is 11.9 Å². The lowest BCUT2D eigenvalue weighted by Gasteiger charge is -1.98. The summed E-state index contributed by atoms with van der Waals surface area (Å²) in [7, 11) is 0. The van der Waals surface area contributed by atoms with Crippen LogP contribution in [-0.2, 0) is 19.1 Å². The van der Waals surface area contributed by atoms with E-state index in [-0.39, 0.29) is 23.2 Å². The number of carbonyl (C=O) groups excluding carboxylic acids is 2. The molecule has 3 aromatic carbocycles. The van der Waals surface area contributed by atoms with Crippen LogP contribution in [0.15, 0.2) is 103 Å². The fourth-order valence-electron chi connectivity index (χ4n) is 3.25. The first-order valence-electron chi connectivity index (χ1n) is 10.1. The molecule has 0 unspecified atom stereocenters. The molecule has 2 heterocycles. The van der Waals surface area contributed by atoms with Gasteiger partial charge in [-0.3, -0.25) is 0 Å². The van der Waals surface area contributed by atoms with Crippen molar-refractivity contribution in [3.8, 4) is 0 Å². The third-order valence-electron chi connectivity index (χ3n) is 4.97. The Labute approximate surface area is 211 Å². The number of ether oxygens (including phenoxy) is 2. The van der Waals surface area contributed by atoms with E-state index >= 15 is 0 Å². The molecule has 0 N–H and O–H groups in total. The highest BCUT2D eigenvalue weighted by atomic mass is 79.9. The molecule has 0 saturated carbocycles. The Balaban J connectivity index is 1.34. The summed E-state index contributed by atoms with van der Waals surface area (Å²) < 4.78 is 12.4. The number of hydrogen-bond acceptors (Lipinski definition) is 6. The Morgan fingerprint density at radius 2 is 0.912 bits per heavy atom. The minimum Gasteiger partial charge on any atom is -0.402 e. The molecule has 0 radical (unpaired) electrons. The number of halogens is 2. The molecule has 8 heteroatoms. The van der Waals surface area contributed by atoms with E-state index in [1.54, 1.807) is 12.2 Å². The van der Waals surface area contributed by atoms with Gasteiger partial charge in [0, 0.05) is 20.1 Å². The van der Waals surface area contributed by atoms with E-state index in [1.165, 1.54) is 0 Å². The second kappa shape index (κ2) is 9.32. The van der Waals surface area contributed by atoms with Crippen LogP contribution in [0.5, 0.6) is 0 Å². The van der Waals surface area contributed by atoms with Crippen molar-refractivity contribution >= 4 is 67.7 Å². The highest BCUT2D eigenvalue weighted by molar-refractivity contribution is 9.10. The summed E-state index contributed by atoms with van der Waals surface area (Å²) in [6, 6.07) is 22.0. The molecule has 0 fully saturated rings. The number of cyclic esters (lactones) is 2. The molecule has 2 aliphatic heterocycles. The van der Waals surface area contributed by atoms with E-state index in [2.05, 4.69) is 41.8 Å². The fourth-order valence-corrected chi connectivity index (χ4v) is 3.78. The standard InChI is InChI=1S/C26H14Br2N2O4/c27-19-9-5-17(6-10-19)23-29-21(25(31)33-23)13-15-1-2-16(4-3-15)14-22-26(32)34-24(30-22)18-7-11-20(28)12-8-18/h1-14H. The minimum atomic E-state index is -0.507. The molecule has 6 nitrogen and oxygen atoms in total. The summed E-state index contributed by atoms with van der Waals surface area (Å²) in [5, 5.41) is 0. The van der Waals surface area contributed by atoms with Crippen LogP contribution in [0.4, 0.5) is 0 Å². The van der Waals surface area contributed by atoms with Crippen molar-refractivity contribution in [3.05, 3.63) is 115 Å². The maximum Gasteiger partial charge on any atom is 0.363 e. The maximum absolute atomic E-state index is 12.2. The number of carbonyl (C=O) groups is 2. The van der Waals surface area contributed by atoms with Crippen LogP contribution >= 0.6 is 31.9 Å². The predicted octanol–water partition coefficient (Wildman–Crippen LogP) is 5.90. The van der Waals surface area contributed by atoms with Gasteiger partial charge in [0.25, 0.3) is 0 Å². The van der Waals surface area contributed by atoms with Crippen LogP contribution in [0.3, 0.4) is 0 Å². The lowest BCUT2D eigenvalue weighted by molar-refractivity contribution is -0.130. The van der Waals surface area contributed by atoms with E-state index in [0.29, 0.717) is 11.1 Å². The Morgan fingerprint density at radius 3 is 1.26 bits per heavy atom. The molecule has 0 bridgehead atoms. The van der Waals surface area contributed by atoms with Gasteiger partial charge in [-0.15, -0.1) is 0 Å². The maximum atomic E-state index is 12.2. The second-order valence-corrected chi connectivity index (χ2v) is 9.18. The first kappa shape index (κ1) is 22.2. The molecule has 0 saturated heterocycles. The van der Waals surface area contributed by atoms with Crippen molar-refractivity contribution in [2.75, 3.05) is 0 Å². The fraction of sp³-hybridized carbons (Fsp3) is 0. The van der Waals surface area contributed by atoms with Gasteiger partial charge in [0.05, 0.1) is 0 Å². The van der Waals surface area contributed by atoms with E-state index in [0.717, 1.165) is 20.1 Å². The number of aliphatic imine (C=N–C) groups is 2. The van der Waals surface area contributed by atoms with Crippen molar-refractivity contribution in [1.82, 2.24) is 0 Å². The lowest BCUT2D eigenvalue weighted by Crippen LogP contribution is -2.05. The van der Waals surface area contributed by atoms with Gasteiger partial charge in [0.15, 0.2) is 11.4 Å². The average Bonchev–Trinajstić information content (AvgIpc) is 3.38. The van der Waals surface area contributed by atoms with Crippen molar-refractivity contribution < 1.29 is 19.1 Å². The SMILES string of the molecule is O=C1OC(c2ccc(Br)cc2)=NC1=Cc1ccc(C=C2N=C(c3ccc(Br)cc3)OC2=O)cc1. The molecular weight excluding hydrogens is 564 g/mol. The molecule has 3 aromatic rings. The van der Waals surface area contributed by atoms with Crippen LogP contribution < -0.4 is 0 Å². The molecule has 166 valence electrons. The zero-order valence-electron chi connectivity index (χ0n) is 17.4. The first-order chi connectivity index (χ1) is 16.4. The number of esters is 2. The monoisotopic (exact) mass is 576 g/mol. The quantitative estimate of drug-likeness (QED) is 0.286. The summed E-state index contributed by atoms with van der Waals surface area (Å²) in [5.74, 6) is -0.478. The number of benzene rings is 3. The summed E-state index contributed by atoms with van der Waals surface area (Å²) in [6.07, 6.45) is 3.30. The smallest absolute Gasteiger partial charge is 0.363 e. The molecular formula is C26H14Br2N2O4. The molecule has 0 aromatic heterocycles. The van der Waals surface area contributed by atoms with Crippen LogP contribution in [0.1, 0.15) is 22.3 Å². The molecule has 2 aliphatic rings. The molecule has 0 aliphatic carbocycles. The highest BCUT2D eigenvalue weighted by Gasteiger charge is 2.25. The van der Waals surface area contributed by atoms with Gasteiger partial charge in [-0.25, -0.2) is 19.6 Å². The van der Waals surface area contributed by atoms with E-state index in [4.69, 9.17) is 9.47 Å². The summed E-state index contributed by atoms with van der Waals surface area (Å²) in [4.78, 5) is 33.1. The molecule has 5 rings (SSSR count). The van der Waals surface area contributed by atoms with Gasteiger partial charge < -0.3 is 9.47 Å². The largest absolute Gasteiger partial charge is 0.402 e. The van der Waals surface area contributed by atoms with Gasteiger partial charge in [0.2, 0.25) is 11.8 Å². The average molecular weight is 578 g/mol. The Hall–Kier alpha value is -3.62. The van der Waals surface area contributed by atoms with Gasteiger partial charge >= 0.3 is 11.9 Å². The van der Waals surface area contributed by atoms with Crippen LogP contribution in [-0.4, -0.2) is 23.7 Å². The number of hydrogen-bond donors (Lipinski definition) is 0. The molecule has 34 heavy (non-hydrogen) atoms. The number of rotatable bonds is 4. The second-order valence-electron chi connectivity index (χ2n) is 7.35. The molecule has 0 amide bonds. The molecule has 0 spiro atoms. The zero-order chi connectivity index (χ0) is 23.7. The minimum absolute atomic E-state index is 0.215. The normalized spacial score (nSPS) is 17.6. The van der Waals surface area contributed by atoms with Crippen LogP contribution in [0, 0.1) is 0 Å². The number of nitrogens with zero attached hydrogens (tertiary/aromatic N) is 2. The van der Waals surface area contributed by atoms with Gasteiger partial charge in [-0.1, -0.05) is 56.1 Å². The van der Waals surface area contributed by atoms with Gasteiger partial charge in [-0.05, 0) is 71.8 Å². The Kier molecular flexibility index (Phi) is 6.08. The lowest BCUT2D eigenvalue weighted by atomic mass is 10.1. The van der Waals surface area contributed by atoms with Gasteiger partial charge in [0.1, 0.15) is 0 Å². The Morgan fingerprint density at radius 1 is 0.559 bits per heavy atom. The summed E-state index contributed by atoms with van der Waals surface area (Å²) in [5.41, 5.74) is 3.40.